The van der Waals surface area contributed by atoms with E-state index in [9.17, 15) is 4.79 Å². The molecule has 0 bridgehead atoms. The summed E-state index contributed by atoms with van der Waals surface area (Å²) in [4.78, 5) is 15.6. The van der Waals surface area contributed by atoms with Gasteiger partial charge in [0.15, 0.2) is 0 Å². The number of benzene rings is 1. The molecular formula is C15H16N2O4. The number of methoxy groups -OCH3 is 1. The van der Waals surface area contributed by atoms with Crippen molar-refractivity contribution in [2.75, 3.05) is 20.4 Å². The van der Waals surface area contributed by atoms with E-state index in [0.717, 1.165) is 16.5 Å². The van der Waals surface area contributed by atoms with E-state index in [1.165, 1.54) is 13.2 Å². The molecule has 1 aromatic carbocycles. The van der Waals surface area contributed by atoms with E-state index in [1.54, 1.807) is 17.0 Å². The Morgan fingerprint density at radius 2 is 2.19 bits per heavy atom. The molecule has 0 unspecified atom stereocenters. The first-order chi connectivity index (χ1) is 10.2. The zero-order valence-corrected chi connectivity index (χ0v) is 11.6. The number of aliphatic hydroxyl groups is 2. The average molecular weight is 288 g/mol. The van der Waals surface area contributed by atoms with Gasteiger partial charge in [0.1, 0.15) is 12.4 Å². The van der Waals surface area contributed by atoms with E-state index in [2.05, 4.69) is 4.99 Å². The number of aliphatic imine (C=N–C) groups is 1. The molecule has 0 radical (unpaired) electrons. The van der Waals surface area contributed by atoms with Crippen molar-refractivity contribution in [3.8, 4) is 0 Å². The van der Waals surface area contributed by atoms with Crippen LogP contribution < -0.4 is 0 Å². The fourth-order valence-electron chi connectivity index (χ4n) is 2.05. The molecular weight excluding hydrogens is 272 g/mol. The molecule has 0 amide bonds. The lowest BCUT2D eigenvalue weighted by molar-refractivity contribution is -0.134. The number of fused-ring (bicyclic) bond motifs is 1. The highest BCUT2D eigenvalue weighted by atomic mass is 16.5. The van der Waals surface area contributed by atoms with Crippen LogP contribution in [-0.4, -0.2) is 47.4 Å². The van der Waals surface area contributed by atoms with Gasteiger partial charge in [0.25, 0.3) is 0 Å². The number of carbonyl (C=O) groups is 1. The van der Waals surface area contributed by atoms with Gasteiger partial charge in [-0.15, -0.1) is 0 Å². The van der Waals surface area contributed by atoms with Crippen molar-refractivity contribution in [3.63, 3.8) is 0 Å². The third-order valence-corrected chi connectivity index (χ3v) is 2.98. The first-order valence-corrected chi connectivity index (χ1v) is 6.32. The van der Waals surface area contributed by atoms with Gasteiger partial charge in [0, 0.05) is 12.4 Å². The molecule has 1 aromatic heterocycles. The fraction of sp³-hybridized carbons (Fsp3) is 0.200. The lowest BCUT2D eigenvalue weighted by Gasteiger charge is -2.09. The minimum Gasteiger partial charge on any atom is -0.464 e. The molecule has 110 valence electrons. The Morgan fingerprint density at radius 3 is 2.86 bits per heavy atom. The molecule has 0 atom stereocenters. The van der Waals surface area contributed by atoms with E-state index in [-0.39, 0.29) is 19.0 Å². The Kier molecular flexibility index (Phi) is 4.86. The fourth-order valence-corrected chi connectivity index (χ4v) is 2.05. The molecule has 0 aliphatic rings. The number of carbonyl (C=O) groups excluding carboxylic acids is 1. The summed E-state index contributed by atoms with van der Waals surface area (Å²) in [5.74, 6) is -0.532. The number of aliphatic hydroxyl groups excluding tert-OH is 2. The third-order valence-electron chi connectivity index (χ3n) is 2.98. The SMILES string of the molecule is COC(=O)/C(=C/CO)n1ccc2ccc(C=NCO)cc21. The maximum Gasteiger partial charge on any atom is 0.354 e. The number of rotatable bonds is 5. The zero-order valence-electron chi connectivity index (χ0n) is 11.6. The van der Waals surface area contributed by atoms with Gasteiger partial charge in [-0.2, -0.15) is 0 Å². The van der Waals surface area contributed by atoms with Crippen molar-refractivity contribution in [2.45, 2.75) is 0 Å². The second kappa shape index (κ2) is 6.83. The number of esters is 1. The lowest BCUT2D eigenvalue weighted by Crippen LogP contribution is -2.10. The van der Waals surface area contributed by atoms with Crippen molar-refractivity contribution in [1.29, 1.82) is 0 Å². The van der Waals surface area contributed by atoms with Gasteiger partial charge in [-0.1, -0.05) is 12.1 Å². The number of ether oxygens (including phenoxy) is 1. The molecule has 0 aliphatic heterocycles. The molecule has 0 aliphatic carbocycles. The largest absolute Gasteiger partial charge is 0.464 e. The molecule has 6 heteroatoms. The summed E-state index contributed by atoms with van der Waals surface area (Å²) in [6.07, 6.45) is 4.67. The van der Waals surface area contributed by atoms with Gasteiger partial charge in [0.05, 0.1) is 19.2 Å². The lowest BCUT2D eigenvalue weighted by atomic mass is 10.2. The minimum atomic E-state index is -0.532. The number of hydrogen-bond acceptors (Lipinski definition) is 5. The van der Waals surface area contributed by atoms with Crippen molar-refractivity contribution in [2.24, 2.45) is 4.99 Å². The predicted octanol–water partition coefficient (Wildman–Crippen LogP) is 1.02. The van der Waals surface area contributed by atoms with Crippen molar-refractivity contribution in [1.82, 2.24) is 4.57 Å². The van der Waals surface area contributed by atoms with Crippen LogP contribution in [0.1, 0.15) is 5.56 Å². The minimum absolute atomic E-state index is 0.242. The van der Waals surface area contributed by atoms with E-state index in [4.69, 9.17) is 14.9 Å². The highest BCUT2D eigenvalue weighted by Crippen LogP contribution is 2.21. The summed E-state index contributed by atoms with van der Waals surface area (Å²) in [6.45, 7) is -0.549. The van der Waals surface area contributed by atoms with Gasteiger partial charge in [-0.3, -0.25) is 4.99 Å². The molecule has 0 fully saturated rings. The summed E-state index contributed by atoms with van der Waals surface area (Å²) in [5.41, 5.74) is 1.82. The molecule has 0 saturated heterocycles. The van der Waals surface area contributed by atoms with Crippen LogP contribution in [0, 0.1) is 0 Å². The van der Waals surface area contributed by atoms with E-state index < -0.39 is 5.97 Å². The smallest absolute Gasteiger partial charge is 0.354 e. The molecule has 2 rings (SSSR count). The van der Waals surface area contributed by atoms with Gasteiger partial charge >= 0.3 is 5.97 Å². The Bertz CT molecular complexity index is 701. The molecule has 2 aromatic rings. The topological polar surface area (TPSA) is 84.0 Å². The van der Waals surface area contributed by atoms with E-state index in [0.29, 0.717) is 0 Å². The third kappa shape index (κ3) is 3.18. The zero-order chi connectivity index (χ0) is 15.2. The van der Waals surface area contributed by atoms with Crippen LogP contribution in [0.5, 0.6) is 0 Å². The number of nitrogens with zero attached hydrogens (tertiary/aromatic N) is 2. The van der Waals surface area contributed by atoms with E-state index in [1.807, 2.05) is 24.3 Å². The van der Waals surface area contributed by atoms with Gasteiger partial charge in [-0.25, -0.2) is 4.79 Å². The van der Waals surface area contributed by atoms with Crippen LogP contribution in [0.2, 0.25) is 0 Å². The summed E-state index contributed by atoms with van der Waals surface area (Å²) in [5, 5.41) is 18.7. The number of hydrogen-bond donors (Lipinski definition) is 2. The van der Waals surface area contributed by atoms with Gasteiger partial charge in [0.2, 0.25) is 0 Å². The van der Waals surface area contributed by atoms with Crippen LogP contribution in [0.3, 0.4) is 0 Å². The molecule has 0 spiro atoms. The maximum atomic E-state index is 11.8. The van der Waals surface area contributed by atoms with Crippen molar-refractivity contribution in [3.05, 3.63) is 42.1 Å². The van der Waals surface area contributed by atoms with Crippen molar-refractivity contribution < 1.29 is 19.7 Å². The maximum absolute atomic E-state index is 11.8. The van der Waals surface area contributed by atoms with Crippen LogP contribution in [-0.2, 0) is 9.53 Å². The Balaban J connectivity index is 2.55. The molecule has 1 heterocycles. The molecule has 0 saturated carbocycles. The summed E-state index contributed by atoms with van der Waals surface area (Å²) < 4.78 is 6.38. The van der Waals surface area contributed by atoms with Gasteiger partial charge in [-0.05, 0) is 29.2 Å². The Morgan fingerprint density at radius 1 is 1.38 bits per heavy atom. The summed E-state index contributed by atoms with van der Waals surface area (Å²) >= 11 is 0. The van der Waals surface area contributed by atoms with Crippen LogP contribution in [0.15, 0.2) is 41.5 Å². The van der Waals surface area contributed by atoms with Crippen LogP contribution in [0.4, 0.5) is 0 Å². The summed E-state index contributed by atoms with van der Waals surface area (Å²) in [6, 6.07) is 7.44. The monoisotopic (exact) mass is 288 g/mol. The number of aromatic nitrogens is 1. The van der Waals surface area contributed by atoms with Crippen molar-refractivity contribution >= 4 is 28.8 Å². The second-order valence-corrected chi connectivity index (χ2v) is 4.22. The standard InChI is InChI=1S/C15H16N2O4/c1-21-15(20)13(5-7-18)17-6-4-12-3-2-11(8-14(12)17)9-16-10-19/h2-6,8-9,18-19H,7,10H2,1H3/b13-5-,16-9?. The van der Waals surface area contributed by atoms with Crippen LogP contribution in [0.25, 0.3) is 16.6 Å². The Hall–Kier alpha value is -2.44. The second-order valence-electron chi connectivity index (χ2n) is 4.22. The molecule has 21 heavy (non-hydrogen) atoms. The first-order valence-electron chi connectivity index (χ1n) is 6.32. The van der Waals surface area contributed by atoms with E-state index >= 15 is 0 Å². The normalized spacial score (nSPS) is 12.2. The molecule has 2 N–H and O–H groups in total. The molecule has 6 nitrogen and oxygen atoms in total. The van der Waals surface area contributed by atoms with Gasteiger partial charge < -0.3 is 19.5 Å². The Labute approximate surface area is 121 Å². The highest BCUT2D eigenvalue weighted by Gasteiger charge is 2.14. The first kappa shape index (κ1) is 15.0. The summed E-state index contributed by atoms with van der Waals surface area (Å²) in [7, 11) is 1.29. The predicted molar refractivity (Wildman–Crippen MR) is 80.0 cm³/mol. The highest BCUT2D eigenvalue weighted by molar-refractivity contribution is 6.12. The average Bonchev–Trinajstić information content (AvgIpc) is 2.92. The van der Waals surface area contributed by atoms with Crippen LogP contribution >= 0.6 is 0 Å². The quantitative estimate of drug-likeness (QED) is 0.489.